The quantitative estimate of drug-likeness (QED) is 0.606. The summed E-state index contributed by atoms with van der Waals surface area (Å²) in [4.78, 5) is 4.02. The van der Waals surface area contributed by atoms with Crippen molar-refractivity contribution in [2.45, 2.75) is 26.3 Å². The van der Waals surface area contributed by atoms with Crippen LogP contribution in [0.2, 0.25) is 0 Å². The van der Waals surface area contributed by atoms with E-state index in [9.17, 15) is 0 Å². The van der Waals surface area contributed by atoms with Crippen LogP contribution in [-0.4, -0.2) is 16.1 Å². The second-order valence-corrected chi connectivity index (χ2v) is 4.45. The Kier molecular flexibility index (Phi) is 4.23. The van der Waals surface area contributed by atoms with Gasteiger partial charge < -0.3 is 15.6 Å². The van der Waals surface area contributed by atoms with Crippen LogP contribution in [0.3, 0.4) is 0 Å². The molecule has 0 unspecified atom stereocenters. The molecule has 0 saturated carbocycles. The Morgan fingerprint density at radius 1 is 1.33 bits per heavy atom. The first-order valence-electron chi connectivity index (χ1n) is 6.32. The molecule has 0 saturated heterocycles. The summed E-state index contributed by atoms with van der Waals surface area (Å²) in [6.45, 7) is 4.04. The van der Waals surface area contributed by atoms with Crippen LogP contribution < -0.4 is 11.1 Å². The fourth-order valence-electron chi connectivity index (χ4n) is 1.91. The van der Waals surface area contributed by atoms with Crippen LogP contribution >= 0.6 is 0 Å². The van der Waals surface area contributed by atoms with E-state index >= 15 is 0 Å². The minimum Gasteiger partial charge on any atom is -0.398 e. The van der Waals surface area contributed by atoms with Crippen molar-refractivity contribution < 1.29 is 0 Å². The predicted molar refractivity (Wildman–Crippen MR) is 75.5 cm³/mol. The number of nitrogen functional groups attached to an aromatic ring is 1. The number of imidazole rings is 1. The maximum Gasteiger partial charge on any atom is 0.0945 e. The summed E-state index contributed by atoms with van der Waals surface area (Å²) < 4.78 is 2.10. The second kappa shape index (κ2) is 6.10. The number of nitrogens with two attached hydrogens (primary N) is 1. The Balaban J connectivity index is 1.70. The summed E-state index contributed by atoms with van der Waals surface area (Å²) in [7, 11) is 0. The minimum atomic E-state index is 0.846. The van der Waals surface area contributed by atoms with Crippen molar-refractivity contribution in [3.63, 3.8) is 0 Å². The third kappa shape index (κ3) is 3.26. The molecule has 0 aliphatic rings. The number of aryl methyl sites for hydroxylation is 1. The topological polar surface area (TPSA) is 55.9 Å². The van der Waals surface area contributed by atoms with Gasteiger partial charge in [-0.3, -0.25) is 0 Å². The molecule has 2 rings (SSSR count). The number of hydrogen-bond acceptors (Lipinski definition) is 3. The third-order valence-corrected chi connectivity index (χ3v) is 3.09. The number of nitrogens with zero attached hydrogens (tertiary/aromatic N) is 2. The molecule has 1 aromatic heterocycles. The second-order valence-electron chi connectivity index (χ2n) is 4.45. The van der Waals surface area contributed by atoms with E-state index in [1.165, 1.54) is 0 Å². The van der Waals surface area contributed by atoms with Crippen molar-refractivity contribution in [1.29, 1.82) is 0 Å². The number of unbranched alkanes of at least 4 members (excludes halogenated alkanes) is 1. The highest BCUT2D eigenvalue weighted by Gasteiger charge is 1.99. The van der Waals surface area contributed by atoms with Gasteiger partial charge in [0.15, 0.2) is 0 Å². The van der Waals surface area contributed by atoms with Gasteiger partial charge in [0.05, 0.1) is 6.33 Å². The van der Waals surface area contributed by atoms with Crippen LogP contribution in [0.15, 0.2) is 36.9 Å². The molecule has 1 heterocycles. The number of rotatable bonds is 6. The Bertz CT molecular complexity index is 477. The van der Waals surface area contributed by atoms with Crippen molar-refractivity contribution in [1.82, 2.24) is 9.55 Å². The fourth-order valence-corrected chi connectivity index (χ4v) is 1.91. The molecular formula is C14H20N4. The molecule has 0 aliphatic carbocycles. The van der Waals surface area contributed by atoms with E-state index in [2.05, 4.69) is 20.9 Å². The molecular weight excluding hydrogens is 224 g/mol. The van der Waals surface area contributed by atoms with E-state index < -0.39 is 0 Å². The molecule has 0 spiro atoms. The zero-order valence-electron chi connectivity index (χ0n) is 10.8. The van der Waals surface area contributed by atoms with E-state index in [1.54, 1.807) is 0 Å². The normalized spacial score (nSPS) is 10.5. The van der Waals surface area contributed by atoms with Gasteiger partial charge in [-0.05, 0) is 37.5 Å². The molecule has 0 amide bonds. The molecule has 0 fully saturated rings. The minimum absolute atomic E-state index is 0.846. The van der Waals surface area contributed by atoms with Gasteiger partial charge in [-0.2, -0.15) is 0 Å². The Morgan fingerprint density at radius 2 is 2.22 bits per heavy atom. The molecule has 0 bridgehead atoms. The van der Waals surface area contributed by atoms with Crippen LogP contribution in [0, 0.1) is 6.92 Å². The maximum absolute atomic E-state index is 5.86. The predicted octanol–water partition coefficient (Wildman–Crippen LogP) is 2.67. The third-order valence-electron chi connectivity index (χ3n) is 3.09. The largest absolute Gasteiger partial charge is 0.398 e. The molecule has 2 aromatic rings. The summed E-state index contributed by atoms with van der Waals surface area (Å²) in [6, 6.07) is 5.98. The molecule has 0 radical (unpaired) electrons. The van der Waals surface area contributed by atoms with E-state index in [4.69, 9.17) is 5.73 Å². The van der Waals surface area contributed by atoms with Crippen LogP contribution in [0.5, 0.6) is 0 Å². The van der Waals surface area contributed by atoms with Crippen LogP contribution in [-0.2, 0) is 6.54 Å². The van der Waals surface area contributed by atoms with Gasteiger partial charge >= 0.3 is 0 Å². The van der Waals surface area contributed by atoms with Gasteiger partial charge in [-0.1, -0.05) is 6.07 Å². The molecule has 18 heavy (non-hydrogen) atoms. The van der Waals surface area contributed by atoms with Gasteiger partial charge in [0.2, 0.25) is 0 Å². The van der Waals surface area contributed by atoms with Gasteiger partial charge in [0.25, 0.3) is 0 Å². The van der Waals surface area contributed by atoms with Crippen LogP contribution in [0.1, 0.15) is 18.4 Å². The zero-order valence-corrected chi connectivity index (χ0v) is 10.8. The first-order chi connectivity index (χ1) is 8.77. The lowest BCUT2D eigenvalue weighted by atomic mass is 10.1. The van der Waals surface area contributed by atoms with Crippen LogP contribution in [0.25, 0.3) is 0 Å². The highest BCUT2D eigenvalue weighted by Crippen LogP contribution is 2.20. The van der Waals surface area contributed by atoms with Crippen molar-refractivity contribution in [3.8, 4) is 0 Å². The highest BCUT2D eigenvalue weighted by molar-refractivity contribution is 5.62. The Labute approximate surface area is 108 Å². The molecule has 3 N–H and O–H groups in total. The van der Waals surface area contributed by atoms with Crippen molar-refractivity contribution in [2.24, 2.45) is 0 Å². The number of anilines is 2. The van der Waals surface area contributed by atoms with Crippen LogP contribution in [0.4, 0.5) is 11.4 Å². The molecule has 0 aliphatic heterocycles. The van der Waals surface area contributed by atoms with Crippen molar-refractivity contribution in [2.75, 3.05) is 17.6 Å². The highest BCUT2D eigenvalue weighted by atomic mass is 15.0. The van der Waals surface area contributed by atoms with E-state index in [1.807, 2.05) is 37.8 Å². The monoisotopic (exact) mass is 244 g/mol. The zero-order chi connectivity index (χ0) is 12.8. The summed E-state index contributed by atoms with van der Waals surface area (Å²) in [5.74, 6) is 0. The standard InChI is InChI=1S/C14H20N4/c1-12-13(15)5-4-6-14(12)17-7-2-3-9-18-10-8-16-11-18/h4-6,8,10-11,17H,2-3,7,9,15H2,1H3. The van der Waals surface area contributed by atoms with Gasteiger partial charge in [-0.15, -0.1) is 0 Å². The smallest absolute Gasteiger partial charge is 0.0945 e. The summed E-state index contributed by atoms with van der Waals surface area (Å²) in [5.41, 5.74) is 8.98. The Hall–Kier alpha value is -1.97. The number of benzene rings is 1. The van der Waals surface area contributed by atoms with E-state index in [0.29, 0.717) is 0 Å². The average Bonchev–Trinajstić information content (AvgIpc) is 2.87. The first-order valence-corrected chi connectivity index (χ1v) is 6.32. The molecule has 4 nitrogen and oxygen atoms in total. The van der Waals surface area contributed by atoms with E-state index in [-0.39, 0.29) is 0 Å². The number of aromatic nitrogens is 2. The SMILES string of the molecule is Cc1c(N)cccc1NCCCCn1ccnc1. The number of nitrogens with one attached hydrogen (secondary N) is 1. The lowest BCUT2D eigenvalue weighted by Gasteiger charge is -2.11. The van der Waals surface area contributed by atoms with E-state index in [0.717, 1.165) is 42.9 Å². The van der Waals surface area contributed by atoms with Crippen molar-refractivity contribution in [3.05, 3.63) is 42.5 Å². The fraction of sp³-hybridized carbons (Fsp3) is 0.357. The number of hydrogen-bond donors (Lipinski definition) is 2. The van der Waals surface area contributed by atoms with Gasteiger partial charge in [0, 0.05) is 36.9 Å². The Morgan fingerprint density at radius 3 is 3.00 bits per heavy atom. The summed E-state index contributed by atoms with van der Waals surface area (Å²) >= 11 is 0. The molecule has 4 heteroatoms. The van der Waals surface area contributed by atoms with Gasteiger partial charge in [0.1, 0.15) is 0 Å². The first kappa shape index (κ1) is 12.5. The molecule has 1 aromatic carbocycles. The van der Waals surface area contributed by atoms with Gasteiger partial charge in [-0.25, -0.2) is 4.98 Å². The maximum atomic E-state index is 5.86. The molecule has 0 atom stereocenters. The lowest BCUT2D eigenvalue weighted by Crippen LogP contribution is -2.05. The summed E-state index contributed by atoms with van der Waals surface area (Å²) in [5, 5.41) is 3.43. The van der Waals surface area contributed by atoms with Crippen molar-refractivity contribution >= 4 is 11.4 Å². The molecule has 96 valence electrons. The summed E-state index contributed by atoms with van der Waals surface area (Å²) in [6.07, 6.45) is 7.94. The average molecular weight is 244 g/mol. The lowest BCUT2D eigenvalue weighted by molar-refractivity contribution is 0.621.